The maximum Gasteiger partial charge on any atom is 0.506 e. The predicted octanol–water partition coefficient (Wildman–Crippen LogP) is 2.16. The van der Waals surface area contributed by atoms with Crippen molar-refractivity contribution in [3.05, 3.63) is 51.1 Å². The number of carbonyl (C=O) groups excluding carboxylic acids is 2. The minimum absolute atomic E-state index is 0.0379. The number of non-ortho nitro benzene ring substituents is 1. The summed E-state index contributed by atoms with van der Waals surface area (Å²) < 4.78 is 4.28. The van der Waals surface area contributed by atoms with E-state index in [-0.39, 0.29) is 24.1 Å². The molecule has 2 unspecified atom stereocenters. The normalized spacial score (nSPS) is 22.5. The lowest BCUT2D eigenvalue weighted by Gasteiger charge is -2.08. The second kappa shape index (κ2) is 6.95. The number of imide groups is 1. The highest BCUT2D eigenvalue weighted by Gasteiger charge is 2.48. The van der Waals surface area contributed by atoms with Crippen molar-refractivity contribution in [2.45, 2.75) is 25.9 Å². The molecule has 2 N–H and O–H groups in total. The van der Waals surface area contributed by atoms with Crippen LogP contribution in [-0.4, -0.2) is 28.0 Å². The second-order valence-corrected chi connectivity index (χ2v) is 6.30. The van der Waals surface area contributed by atoms with Gasteiger partial charge in [-0.3, -0.25) is 25.0 Å². The van der Waals surface area contributed by atoms with E-state index < -0.39 is 11.1 Å². The number of carboxylic acid groups (broad SMARTS) is 1. The number of amides is 2. The van der Waals surface area contributed by atoms with Crippen molar-refractivity contribution < 1.29 is 29.2 Å². The summed E-state index contributed by atoms with van der Waals surface area (Å²) in [5.41, 5.74) is 2.16. The zero-order valence-corrected chi connectivity index (χ0v) is 13.6. The average Bonchev–Trinajstić information content (AvgIpc) is 3.29. The van der Waals surface area contributed by atoms with E-state index in [0.717, 1.165) is 30.4 Å². The molecule has 26 heavy (non-hydrogen) atoms. The number of nitrogens with zero attached hydrogens (tertiary/aromatic N) is 1. The zero-order valence-electron chi connectivity index (χ0n) is 13.6. The molecule has 2 bridgehead atoms. The summed E-state index contributed by atoms with van der Waals surface area (Å²) in [4.78, 5) is 42.3. The summed E-state index contributed by atoms with van der Waals surface area (Å²) in [6.07, 6.45) is 1.88. The van der Waals surface area contributed by atoms with E-state index in [9.17, 15) is 24.5 Å². The number of nitro benzene ring substituents is 1. The third kappa shape index (κ3) is 3.41. The molecule has 1 fully saturated rings. The van der Waals surface area contributed by atoms with Crippen molar-refractivity contribution in [1.82, 2.24) is 5.32 Å². The lowest BCUT2D eigenvalue weighted by Crippen LogP contribution is -2.26. The van der Waals surface area contributed by atoms with Gasteiger partial charge in [0.05, 0.1) is 4.92 Å². The Balaban J connectivity index is 0.000000152. The van der Waals surface area contributed by atoms with E-state index in [2.05, 4.69) is 10.1 Å². The topological polar surface area (TPSA) is 136 Å². The fourth-order valence-corrected chi connectivity index (χ4v) is 3.66. The van der Waals surface area contributed by atoms with Crippen LogP contribution in [-0.2, 0) is 20.9 Å². The number of nitrogens with one attached hydrogen (secondary N) is 1. The molecule has 1 aromatic rings. The Hall–Kier alpha value is -3.23. The molecule has 1 aliphatic heterocycles. The van der Waals surface area contributed by atoms with Crippen LogP contribution in [0.15, 0.2) is 35.4 Å². The van der Waals surface area contributed by atoms with Crippen LogP contribution in [0.5, 0.6) is 0 Å². The Morgan fingerprint density at radius 2 is 1.69 bits per heavy atom. The molecule has 136 valence electrons. The van der Waals surface area contributed by atoms with Crippen molar-refractivity contribution in [3.8, 4) is 0 Å². The van der Waals surface area contributed by atoms with Gasteiger partial charge in [0.25, 0.3) is 17.5 Å². The van der Waals surface area contributed by atoms with Gasteiger partial charge in [0.15, 0.2) is 0 Å². The summed E-state index contributed by atoms with van der Waals surface area (Å²) in [6.45, 7) is -0.104. The lowest BCUT2D eigenvalue weighted by molar-refractivity contribution is -0.384. The first kappa shape index (κ1) is 17.6. The zero-order chi connectivity index (χ0) is 18.8. The van der Waals surface area contributed by atoms with Gasteiger partial charge in [-0.05, 0) is 48.8 Å². The van der Waals surface area contributed by atoms with Gasteiger partial charge in [-0.25, -0.2) is 4.79 Å². The number of hydrogen-bond donors (Lipinski definition) is 2. The Morgan fingerprint density at radius 1 is 1.15 bits per heavy atom. The second-order valence-electron chi connectivity index (χ2n) is 6.30. The molecule has 1 heterocycles. The summed E-state index contributed by atoms with van der Waals surface area (Å²) in [6, 6.07) is 5.48. The number of ether oxygens (including phenoxy) is 1. The first-order valence-corrected chi connectivity index (χ1v) is 8.05. The molecule has 9 nitrogen and oxygen atoms in total. The van der Waals surface area contributed by atoms with Crippen molar-refractivity contribution >= 4 is 23.7 Å². The molecular formula is C17H16N2O7. The van der Waals surface area contributed by atoms with E-state index in [1.165, 1.54) is 24.3 Å². The van der Waals surface area contributed by atoms with Crippen molar-refractivity contribution in [3.63, 3.8) is 0 Å². The highest BCUT2D eigenvalue weighted by molar-refractivity contribution is 6.20. The highest BCUT2D eigenvalue weighted by Crippen LogP contribution is 2.50. The minimum Gasteiger partial charge on any atom is -0.450 e. The molecule has 0 saturated heterocycles. The van der Waals surface area contributed by atoms with E-state index in [1.807, 2.05) is 0 Å². The molecule has 1 aromatic carbocycles. The Morgan fingerprint density at radius 3 is 2.15 bits per heavy atom. The van der Waals surface area contributed by atoms with Crippen molar-refractivity contribution in [1.29, 1.82) is 0 Å². The molecule has 0 radical (unpaired) electrons. The van der Waals surface area contributed by atoms with Crippen LogP contribution in [0.3, 0.4) is 0 Å². The van der Waals surface area contributed by atoms with Gasteiger partial charge in [-0.1, -0.05) is 0 Å². The Labute approximate surface area is 147 Å². The van der Waals surface area contributed by atoms with E-state index >= 15 is 0 Å². The van der Waals surface area contributed by atoms with Crippen molar-refractivity contribution in [2.24, 2.45) is 11.8 Å². The summed E-state index contributed by atoms with van der Waals surface area (Å²) >= 11 is 0. The molecule has 3 aliphatic rings. The number of nitro groups is 1. The maximum atomic E-state index is 11.3. The molecule has 0 aromatic heterocycles. The molecule has 1 saturated carbocycles. The van der Waals surface area contributed by atoms with E-state index in [1.54, 1.807) is 0 Å². The fraction of sp³-hybridized carbons (Fsp3) is 0.353. The van der Waals surface area contributed by atoms with Gasteiger partial charge in [0.2, 0.25) is 0 Å². The van der Waals surface area contributed by atoms with Crippen LogP contribution >= 0.6 is 0 Å². The first-order chi connectivity index (χ1) is 12.4. The van der Waals surface area contributed by atoms with Crippen LogP contribution in [0.25, 0.3) is 0 Å². The largest absolute Gasteiger partial charge is 0.506 e. The molecule has 9 heteroatoms. The summed E-state index contributed by atoms with van der Waals surface area (Å²) in [5.74, 6) is 0.553. The third-order valence-electron chi connectivity index (χ3n) is 4.77. The van der Waals surface area contributed by atoms with Gasteiger partial charge in [0.1, 0.15) is 6.61 Å². The van der Waals surface area contributed by atoms with Crippen molar-refractivity contribution in [2.75, 3.05) is 0 Å². The number of benzene rings is 1. The third-order valence-corrected chi connectivity index (χ3v) is 4.77. The molecule has 2 atom stereocenters. The van der Waals surface area contributed by atoms with Gasteiger partial charge in [-0.15, -0.1) is 0 Å². The molecule has 2 aliphatic carbocycles. The monoisotopic (exact) mass is 360 g/mol. The minimum atomic E-state index is -1.37. The predicted molar refractivity (Wildman–Crippen MR) is 86.9 cm³/mol. The number of carbonyl (C=O) groups is 3. The standard InChI is InChI=1S/C9H9NO2.C8H7NO5/c11-8-6-4-1-2-5(3-4)7(6)9(12)10-8;10-8(11)14-5-6-1-3-7(4-2-6)9(12)13/h4-5H,1-3H2,(H,10,11,12);1-4H,5H2,(H,10,11). The average molecular weight is 360 g/mol. The molecule has 0 spiro atoms. The summed E-state index contributed by atoms with van der Waals surface area (Å²) in [5, 5.41) is 20.8. The van der Waals surface area contributed by atoms with Gasteiger partial charge >= 0.3 is 6.16 Å². The molecular weight excluding hydrogens is 344 g/mol. The highest BCUT2D eigenvalue weighted by atomic mass is 16.7. The van der Waals surface area contributed by atoms with Crippen LogP contribution in [0.4, 0.5) is 10.5 Å². The van der Waals surface area contributed by atoms with Crippen LogP contribution < -0.4 is 5.32 Å². The fourth-order valence-electron chi connectivity index (χ4n) is 3.66. The maximum absolute atomic E-state index is 11.3. The quantitative estimate of drug-likeness (QED) is 0.365. The van der Waals surface area contributed by atoms with Crippen LogP contribution in [0.2, 0.25) is 0 Å². The molecule has 2 amide bonds. The number of fused-ring (bicyclic) bond motifs is 4. The summed E-state index contributed by atoms with van der Waals surface area (Å²) in [7, 11) is 0. The van der Waals surface area contributed by atoms with E-state index in [4.69, 9.17) is 5.11 Å². The van der Waals surface area contributed by atoms with Gasteiger partial charge < -0.3 is 9.84 Å². The smallest absolute Gasteiger partial charge is 0.450 e. The Bertz CT molecular complexity index is 783. The number of hydrogen-bond acceptors (Lipinski definition) is 6. The van der Waals surface area contributed by atoms with Crippen LogP contribution in [0.1, 0.15) is 24.8 Å². The van der Waals surface area contributed by atoms with E-state index in [0.29, 0.717) is 17.4 Å². The van der Waals surface area contributed by atoms with Gasteiger partial charge in [-0.2, -0.15) is 0 Å². The SMILES string of the molecule is O=C(O)OCc1ccc([N+](=O)[O-])cc1.O=C1NC(=O)C2=C1C1CCC2C1. The molecule has 4 rings (SSSR count). The number of rotatable bonds is 3. The Kier molecular flexibility index (Phi) is 4.70. The van der Waals surface area contributed by atoms with Gasteiger partial charge in [0, 0.05) is 23.3 Å². The first-order valence-electron chi connectivity index (χ1n) is 8.05. The lowest BCUT2D eigenvalue weighted by atomic mass is 9.93. The van der Waals surface area contributed by atoms with Crippen LogP contribution in [0, 0.1) is 22.0 Å².